The minimum absolute atomic E-state index is 0.0176. The zero-order valence-electron chi connectivity index (χ0n) is 13.2. The minimum atomic E-state index is -0.310. The average Bonchev–Trinajstić information content (AvgIpc) is 3.18. The lowest BCUT2D eigenvalue weighted by Crippen LogP contribution is -2.47. The van der Waals surface area contributed by atoms with Crippen molar-refractivity contribution in [2.24, 2.45) is 10.8 Å². The van der Waals surface area contributed by atoms with E-state index in [1.807, 2.05) is 22.8 Å². The Morgan fingerprint density at radius 2 is 2.26 bits per heavy atom. The Hall–Kier alpha value is -2.39. The van der Waals surface area contributed by atoms with Crippen molar-refractivity contribution in [3.63, 3.8) is 0 Å². The van der Waals surface area contributed by atoms with Crippen molar-refractivity contribution in [3.05, 3.63) is 23.2 Å². The lowest BCUT2D eigenvalue weighted by molar-refractivity contribution is 0.1000. The number of aromatic nitrogens is 3. The Balaban J connectivity index is 1.85. The molecular formula is C14H20N8O. The van der Waals surface area contributed by atoms with Crippen LogP contribution in [0.4, 0.5) is 5.95 Å². The largest absolute Gasteiger partial charge is 0.363 e. The van der Waals surface area contributed by atoms with Gasteiger partial charge in [0, 0.05) is 29.9 Å². The number of likely N-dealkylation sites (N-methyl/N-ethyl adjacent to an activating group) is 1. The fourth-order valence-electron chi connectivity index (χ4n) is 3.22. The third-order valence-electron chi connectivity index (χ3n) is 4.23. The average molecular weight is 316 g/mol. The standard InChI is InChI=1S/C14H20N8O/c1-3-21-12-9(6-17-21)11-10(8(2)19-12)13(23-5-4-15)20-14-16-7-18-22(11)14/h6-7,12-13,19H,3-5,15H2,1-2H3,(H,16,18,20). The minimum Gasteiger partial charge on any atom is -0.363 e. The Labute approximate surface area is 133 Å². The highest BCUT2D eigenvalue weighted by molar-refractivity contribution is 5.96. The molecule has 3 aliphatic heterocycles. The first-order valence-electron chi connectivity index (χ1n) is 7.75. The number of dihydropyridines is 1. The van der Waals surface area contributed by atoms with E-state index in [2.05, 4.69) is 32.7 Å². The van der Waals surface area contributed by atoms with Gasteiger partial charge < -0.3 is 21.1 Å². The van der Waals surface area contributed by atoms with E-state index in [4.69, 9.17) is 10.5 Å². The van der Waals surface area contributed by atoms with Crippen LogP contribution < -0.4 is 16.4 Å². The highest BCUT2D eigenvalue weighted by Crippen LogP contribution is 2.38. The van der Waals surface area contributed by atoms with Crippen LogP contribution in [0.2, 0.25) is 0 Å². The molecular weight excluding hydrogens is 296 g/mol. The molecule has 0 aliphatic carbocycles. The van der Waals surface area contributed by atoms with Gasteiger partial charge in [-0.3, -0.25) is 5.01 Å². The van der Waals surface area contributed by atoms with Crippen LogP contribution in [0.15, 0.2) is 28.3 Å². The molecule has 9 nitrogen and oxygen atoms in total. The van der Waals surface area contributed by atoms with Crippen LogP contribution >= 0.6 is 0 Å². The molecule has 1 aromatic rings. The SMILES string of the molecule is CCN1N=CC2=C3C(=C(C)NC21)C(OCCN)Nc1ncnn13. The maximum absolute atomic E-state index is 5.89. The normalized spacial score (nSPS) is 25.1. The molecule has 0 aromatic carbocycles. The van der Waals surface area contributed by atoms with Gasteiger partial charge in [0.2, 0.25) is 5.95 Å². The number of rotatable bonds is 4. The fraction of sp³-hybridized carbons (Fsp3) is 0.500. The van der Waals surface area contributed by atoms with E-state index in [0.29, 0.717) is 19.1 Å². The first-order chi connectivity index (χ1) is 11.2. The number of fused-ring (bicyclic) bond motifs is 4. The van der Waals surface area contributed by atoms with E-state index in [9.17, 15) is 0 Å². The Kier molecular flexibility index (Phi) is 3.31. The molecule has 122 valence electrons. The van der Waals surface area contributed by atoms with E-state index in [-0.39, 0.29) is 12.4 Å². The molecule has 0 saturated heterocycles. The first kappa shape index (κ1) is 14.2. The van der Waals surface area contributed by atoms with Crippen LogP contribution in [0.1, 0.15) is 13.8 Å². The van der Waals surface area contributed by atoms with Gasteiger partial charge in [-0.05, 0) is 13.8 Å². The van der Waals surface area contributed by atoms with Crippen molar-refractivity contribution >= 4 is 17.9 Å². The molecule has 9 heteroatoms. The quantitative estimate of drug-likeness (QED) is 0.703. The van der Waals surface area contributed by atoms with Crippen molar-refractivity contribution in [2.45, 2.75) is 26.2 Å². The van der Waals surface area contributed by atoms with Crippen LogP contribution in [0.5, 0.6) is 0 Å². The summed E-state index contributed by atoms with van der Waals surface area (Å²) in [5.74, 6) is 0.662. The lowest BCUT2D eigenvalue weighted by Gasteiger charge is -2.38. The fourth-order valence-corrected chi connectivity index (χ4v) is 3.22. The van der Waals surface area contributed by atoms with Crippen molar-refractivity contribution in [3.8, 4) is 0 Å². The third kappa shape index (κ3) is 2.04. The van der Waals surface area contributed by atoms with Crippen LogP contribution in [-0.2, 0) is 4.74 Å². The predicted molar refractivity (Wildman–Crippen MR) is 86.2 cm³/mol. The number of hydrazone groups is 1. The molecule has 2 unspecified atom stereocenters. The van der Waals surface area contributed by atoms with Gasteiger partial charge in [0.05, 0.1) is 18.5 Å². The molecule has 1 aromatic heterocycles. The maximum atomic E-state index is 5.89. The molecule has 0 saturated carbocycles. The number of nitrogens with zero attached hydrogens (tertiary/aromatic N) is 5. The van der Waals surface area contributed by atoms with Gasteiger partial charge in [0.25, 0.3) is 0 Å². The molecule has 0 spiro atoms. The lowest BCUT2D eigenvalue weighted by atomic mass is 9.96. The molecule has 4 heterocycles. The summed E-state index contributed by atoms with van der Waals surface area (Å²) < 4.78 is 7.71. The molecule has 4 N–H and O–H groups in total. The van der Waals surface area contributed by atoms with Gasteiger partial charge in [-0.1, -0.05) is 0 Å². The monoisotopic (exact) mass is 316 g/mol. The van der Waals surface area contributed by atoms with E-state index < -0.39 is 0 Å². The summed E-state index contributed by atoms with van der Waals surface area (Å²) >= 11 is 0. The van der Waals surface area contributed by atoms with Crippen molar-refractivity contribution in [1.82, 2.24) is 25.1 Å². The molecule has 0 bridgehead atoms. The molecule has 3 aliphatic rings. The molecule has 23 heavy (non-hydrogen) atoms. The highest BCUT2D eigenvalue weighted by atomic mass is 16.5. The maximum Gasteiger partial charge on any atom is 0.228 e. The zero-order valence-corrected chi connectivity index (χ0v) is 13.2. The summed E-state index contributed by atoms with van der Waals surface area (Å²) in [5.41, 5.74) is 9.70. The number of nitrogens with one attached hydrogen (secondary N) is 2. The van der Waals surface area contributed by atoms with Crippen LogP contribution in [0, 0.1) is 0 Å². The summed E-state index contributed by atoms with van der Waals surface area (Å²) in [6.45, 7) is 5.87. The number of anilines is 1. The Morgan fingerprint density at radius 1 is 1.39 bits per heavy atom. The zero-order chi connectivity index (χ0) is 16.0. The summed E-state index contributed by atoms with van der Waals surface area (Å²) in [5, 5.41) is 17.6. The smallest absolute Gasteiger partial charge is 0.228 e. The van der Waals surface area contributed by atoms with Gasteiger partial charge in [-0.25, -0.2) is 0 Å². The van der Waals surface area contributed by atoms with E-state index >= 15 is 0 Å². The Bertz CT molecular complexity index is 718. The predicted octanol–water partition coefficient (Wildman–Crippen LogP) is -0.259. The second-order valence-corrected chi connectivity index (χ2v) is 5.57. The van der Waals surface area contributed by atoms with Crippen molar-refractivity contribution in [2.75, 3.05) is 25.0 Å². The van der Waals surface area contributed by atoms with Crippen LogP contribution in [0.25, 0.3) is 5.70 Å². The van der Waals surface area contributed by atoms with Crippen LogP contribution in [-0.4, -0.2) is 58.1 Å². The summed E-state index contributed by atoms with van der Waals surface area (Å²) in [4.78, 5) is 4.28. The van der Waals surface area contributed by atoms with Gasteiger partial charge in [0.15, 0.2) is 6.23 Å². The van der Waals surface area contributed by atoms with Gasteiger partial charge in [-0.2, -0.15) is 19.9 Å². The summed E-state index contributed by atoms with van der Waals surface area (Å²) in [6, 6.07) is 0. The highest BCUT2D eigenvalue weighted by Gasteiger charge is 2.40. The number of nitrogens with two attached hydrogens (primary N) is 1. The molecule has 0 radical (unpaired) electrons. The second-order valence-electron chi connectivity index (χ2n) is 5.57. The number of hydrogen-bond donors (Lipinski definition) is 3. The topological polar surface area (TPSA) is 106 Å². The molecule has 0 fully saturated rings. The van der Waals surface area contributed by atoms with Crippen molar-refractivity contribution < 1.29 is 4.74 Å². The summed E-state index contributed by atoms with van der Waals surface area (Å²) in [7, 11) is 0. The molecule has 2 atom stereocenters. The number of ether oxygens (including phenoxy) is 1. The van der Waals surface area contributed by atoms with Gasteiger partial charge in [-0.15, -0.1) is 0 Å². The van der Waals surface area contributed by atoms with Crippen LogP contribution in [0.3, 0.4) is 0 Å². The van der Waals surface area contributed by atoms with E-state index in [1.165, 1.54) is 6.33 Å². The van der Waals surface area contributed by atoms with Gasteiger partial charge in [0.1, 0.15) is 12.5 Å². The first-order valence-corrected chi connectivity index (χ1v) is 7.75. The third-order valence-corrected chi connectivity index (χ3v) is 4.23. The molecule has 0 amide bonds. The van der Waals surface area contributed by atoms with Crippen molar-refractivity contribution in [1.29, 1.82) is 0 Å². The van der Waals surface area contributed by atoms with E-state index in [1.54, 1.807) is 0 Å². The number of allylic oxidation sites excluding steroid dienone is 1. The Morgan fingerprint density at radius 3 is 3.04 bits per heavy atom. The summed E-state index contributed by atoms with van der Waals surface area (Å²) in [6.07, 6.45) is 3.13. The molecule has 4 rings (SSSR count). The number of hydrogen-bond acceptors (Lipinski definition) is 8. The van der Waals surface area contributed by atoms with E-state index in [0.717, 1.165) is 29.1 Å². The second kappa shape index (κ2) is 5.36. The van der Waals surface area contributed by atoms with Gasteiger partial charge >= 0.3 is 0 Å².